The van der Waals surface area contributed by atoms with Gasteiger partial charge in [0.05, 0.1) is 11.5 Å². The van der Waals surface area contributed by atoms with Crippen molar-refractivity contribution in [3.8, 4) is 5.75 Å². The number of carbonyl (C=O) groups excluding carboxylic acids is 1. The van der Waals surface area contributed by atoms with E-state index in [2.05, 4.69) is 10.0 Å². The van der Waals surface area contributed by atoms with Gasteiger partial charge in [-0.25, -0.2) is 8.42 Å². The van der Waals surface area contributed by atoms with E-state index < -0.39 is 10.0 Å². The first-order valence-electron chi connectivity index (χ1n) is 8.22. The fourth-order valence-corrected chi connectivity index (χ4v) is 3.21. The SMILES string of the molecule is CCOc1ccc(NS(=O)(=O)c2ccc(C(=O)N[C@@H](C)CN)cc2)cc1. The predicted molar refractivity (Wildman–Crippen MR) is 101 cm³/mol. The Hall–Kier alpha value is -2.58. The smallest absolute Gasteiger partial charge is 0.261 e. The van der Waals surface area contributed by atoms with Crippen molar-refractivity contribution in [2.24, 2.45) is 5.73 Å². The highest BCUT2D eigenvalue weighted by Gasteiger charge is 2.16. The molecule has 0 aliphatic rings. The number of amides is 1. The molecule has 0 saturated carbocycles. The first kappa shape index (κ1) is 19.7. The highest BCUT2D eigenvalue weighted by Crippen LogP contribution is 2.20. The lowest BCUT2D eigenvalue weighted by Gasteiger charge is -2.12. The normalized spacial score (nSPS) is 12.3. The molecule has 8 heteroatoms. The van der Waals surface area contributed by atoms with Crippen molar-refractivity contribution in [3.63, 3.8) is 0 Å². The summed E-state index contributed by atoms with van der Waals surface area (Å²) in [4.78, 5) is 12.1. The molecule has 0 aromatic heterocycles. The lowest BCUT2D eigenvalue weighted by atomic mass is 10.2. The Morgan fingerprint density at radius 2 is 1.73 bits per heavy atom. The summed E-state index contributed by atoms with van der Waals surface area (Å²) in [6, 6.07) is 12.2. The van der Waals surface area contributed by atoms with Gasteiger partial charge < -0.3 is 15.8 Å². The number of ether oxygens (including phenoxy) is 1. The zero-order chi connectivity index (χ0) is 19.2. The Balaban J connectivity index is 2.10. The summed E-state index contributed by atoms with van der Waals surface area (Å²) >= 11 is 0. The van der Waals surface area contributed by atoms with Gasteiger partial charge in [0.25, 0.3) is 15.9 Å². The largest absolute Gasteiger partial charge is 0.494 e. The molecule has 1 amide bonds. The molecule has 7 nitrogen and oxygen atoms in total. The minimum atomic E-state index is -3.75. The Labute approximate surface area is 153 Å². The van der Waals surface area contributed by atoms with Crippen LogP contribution in [0, 0.1) is 0 Å². The van der Waals surface area contributed by atoms with Gasteiger partial charge in [0, 0.05) is 23.8 Å². The van der Waals surface area contributed by atoms with Crippen LogP contribution < -0.4 is 20.5 Å². The summed E-state index contributed by atoms with van der Waals surface area (Å²) in [7, 11) is -3.75. The van der Waals surface area contributed by atoms with Crippen LogP contribution in [0.2, 0.25) is 0 Å². The van der Waals surface area contributed by atoms with Gasteiger partial charge in [0.15, 0.2) is 0 Å². The third-order valence-corrected chi connectivity index (χ3v) is 4.97. The highest BCUT2D eigenvalue weighted by molar-refractivity contribution is 7.92. The second-order valence-corrected chi connectivity index (χ2v) is 7.38. The van der Waals surface area contributed by atoms with Gasteiger partial charge in [0.2, 0.25) is 0 Å². The molecule has 2 aromatic carbocycles. The van der Waals surface area contributed by atoms with Gasteiger partial charge >= 0.3 is 0 Å². The maximum atomic E-state index is 12.5. The maximum Gasteiger partial charge on any atom is 0.261 e. The zero-order valence-electron chi connectivity index (χ0n) is 14.7. The van der Waals surface area contributed by atoms with E-state index in [-0.39, 0.29) is 16.8 Å². The van der Waals surface area contributed by atoms with Crippen molar-refractivity contribution in [2.75, 3.05) is 17.9 Å². The summed E-state index contributed by atoms with van der Waals surface area (Å²) in [5.41, 5.74) is 6.26. The monoisotopic (exact) mass is 377 g/mol. The van der Waals surface area contributed by atoms with Crippen LogP contribution in [0.5, 0.6) is 5.75 Å². The van der Waals surface area contributed by atoms with Crippen molar-refractivity contribution in [1.29, 1.82) is 0 Å². The molecule has 0 fully saturated rings. The third kappa shape index (κ3) is 5.21. The van der Waals surface area contributed by atoms with Crippen molar-refractivity contribution in [1.82, 2.24) is 5.32 Å². The van der Waals surface area contributed by atoms with Crippen LogP contribution in [0.25, 0.3) is 0 Å². The second-order valence-electron chi connectivity index (χ2n) is 5.70. The van der Waals surface area contributed by atoms with E-state index in [0.717, 1.165) is 0 Å². The van der Waals surface area contributed by atoms with Crippen LogP contribution in [0.4, 0.5) is 5.69 Å². The molecule has 140 valence electrons. The molecule has 26 heavy (non-hydrogen) atoms. The Morgan fingerprint density at radius 1 is 1.12 bits per heavy atom. The van der Waals surface area contributed by atoms with Crippen LogP contribution in [0.1, 0.15) is 24.2 Å². The lowest BCUT2D eigenvalue weighted by Crippen LogP contribution is -2.37. The average Bonchev–Trinajstić information content (AvgIpc) is 2.63. The molecule has 0 aliphatic carbocycles. The maximum absolute atomic E-state index is 12.5. The first-order valence-corrected chi connectivity index (χ1v) is 9.70. The molecule has 0 bridgehead atoms. The molecule has 0 spiro atoms. The molecule has 0 heterocycles. The van der Waals surface area contributed by atoms with E-state index >= 15 is 0 Å². The summed E-state index contributed by atoms with van der Waals surface area (Å²) in [5.74, 6) is 0.365. The van der Waals surface area contributed by atoms with Crippen molar-refractivity contribution in [2.45, 2.75) is 24.8 Å². The van der Waals surface area contributed by atoms with Gasteiger partial charge in [-0.3, -0.25) is 9.52 Å². The number of sulfonamides is 1. The minimum Gasteiger partial charge on any atom is -0.494 e. The molecular formula is C18H23N3O4S. The molecule has 2 aromatic rings. The Kier molecular flexibility index (Phi) is 6.59. The van der Waals surface area contributed by atoms with Crippen LogP contribution in [0.15, 0.2) is 53.4 Å². The highest BCUT2D eigenvalue weighted by atomic mass is 32.2. The number of hydrogen-bond acceptors (Lipinski definition) is 5. The van der Waals surface area contributed by atoms with Gasteiger partial charge in [0.1, 0.15) is 5.75 Å². The zero-order valence-corrected chi connectivity index (χ0v) is 15.5. The first-order chi connectivity index (χ1) is 12.4. The Bertz CT molecular complexity index is 834. The van der Waals surface area contributed by atoms with Crippen molar-refractivity contribution in [3.05, 3.63) is 54.1 Å². The number of rotatable bonds is 8. The molecule has 0 aliphatic heterocycles. The molecule has 0 unspecified atom stereocenters. The van der Waals surface area contributed by atoms with E-state index in [0.29, 0.717) is 30.2 Å². The van der Waals surface area contributed by atoms with E-state index in [9.17, 15) is 13.2 Å². The fraction of sp³-hybridized carbons (Fsp3) is 0.278. The summed E-state index contributed by atoms with van der Waals surface area (Å²) in [6.07, 6.45) is 0. The summed E-state index contributed by atoms with van der Waals surface area (Å²) < 4.78 is 32.7. The van der Waals surface area contributed by atoms with Crippen LogP contribution >= 0.6 is 0 Å². The molecule has 1 atom stereocenters. The minimum absolute atomic E-state index is 0.0646. The quantitative estimate of drug-likeness (QED) is 0.651. The number of nitrogens with one attached hydrogen (secondary N) is 2. The van der Waals surface area contributed by atoms with Gasteiger partial charge in [-0.05, 0) is 62.4 Å². The standard InChI is InChI=1S/C18H23N3O4S/c1-3-25-16-8-6-15(7-9-16)21-26(23,24)17-10-4-14(5-11-17)18(22)20-13(2)12-19/h4-11,13,21H,3,12,19H2,1-2H3,(H,20,22)/t13-/m0/s1. The molecular weight excluding hydrogens is 354 g/mol. The van der Waals surface area contributed by atoms with E-state index in [4.69, 9.17) is 10.5 Å². The number of benzene rings is 2. The molecule has 4 N–H and O–H groups in total. The van der Waals surface area contributed by atoms with E-state index in [1.165, 1.54) is 24.3 Å². The predicted octanol–water partition coefficient (Wildman–Crippen LogP) is 1.96. The van der Waals surface area contributed by atoms with Gasteiger partial charge in [-0.15, -0.1) is 0 Å². The number of hydrogen-bond donors (Lipinski definition) is 3. The Morgan fingerprint density at radius 3 is 2.27 bits per heavy atom. The summed E-state index contributed by atoms with van der Waals surface area (Å²) in [5, 5.41) is 2.72. The van der Waals surface area contributed by atoms with Crippen LogP contribution in [0.3, 0.4) is 0 Å². The van der Waals surface area contributed by atoms with Crippen LogP contribution in [-0.4, -0.2) is 33.5 Å². The summed E-state index contributed by atoms with van der Waals surface area (Å²) in [6.45, 7) is 4.52. The number of anilines is 1. The van der Waals surface area contributed by atoms with Gasteiger partial charge in [-0.1, -0.05) is 0 Å². The number of nitrogens with two attached hydrogens (primary N) is 1. The molecule has 0 radical (unpaired) electrons. The van der Waals surface area contributed by atoms with Crippen molar-refractivity contribution < 1.29 is 17.9 Å². The van der Waals surface area contributed by atoms with Crippen LogP contribution in [-0.2, 0) is 10.0 Å². The molecule has 0 saturated heterocycles. The third-order valence-electron chi connectivity index (χ3n) is 3.58. The molecule has 2 rings (SSSR count). The van der Waals surface area contributed by atoms with Gasteiger partial charge in [-0.2, -0.15) is 0 Å². The lowest BCUT2D eigenvalue weighted by molar-refractivity contribution is 0.0941. The number of carbonyl (C=O) groups is 1. The van der Waals surface area contributed by atoms with Crippen molar-refractivity contribution >= 4 is 21.6 Å². The fourth-order valence-electron chi connectivity index (χ4n) is 2.15. The topological polar surface area (TPSA) is 111 Å². The van der Waals surface area contributed by atoms with E-state index in [1.54, 1.807) is 31.2 Å². The second kappa shape index (κ2) is 8.68. The average molecular weight is 377 g/mol. The van der Waals surface area contributed by atoms with E-state index in [1.807, 2.05) is 6.92 Å².